The second kappa shape index (κ2) is 4.91. The van der Waals surface area contributed by atoms with Crippen molar-refractivity contribution in [1.29, 1.82) is 0 Å². The number of ether oxygens (including phenoxy) is 1. The summed E-state index contributed by atoms with van der Waals surface area (Å²) in [7, 11) is 0. The van der Waals surface area contributed by atoms with Gasteiger partial charge in [-0.1, -0.05) is 18.2 Å². The Bertz CT molecular complexity index is 317. The third kappa shape index (κ3) is 2.78. The van der Waals surface area contributed by atoms with Crippen LogP contribution in [0.15, 0.2) is 30.3 Å². The van der Waals surface area contributed by atoms with Crippen LogP contribution in [0.1, 0.15) is 12.8 Å². The van der Waals surface area contributed by atoms with Crippen molar-refractivity contribution in [3.63, 3.8) is 0 Å². The molecule has 1 unspecified atom stereocenters. The SMILES string of the molecule is O=C(Oc1ccccc1)C1CCCOO1. The fraction of sp³-hybridized carbons (Fsp3) is 0.364. The fourth-order valence-corrected chi connectivity index (χ4v) is 1.33. The van der Waals surface area contributed by atoms with E-state index in [-0.39, 0.29) is 0 Å². The third-order valence-corrected chi connectivity index (χ3v) is 2.10. The highest BCUT2D eigenvalue weighted by Gasteiger charge is 2.25. The molecular formula is C11H12O4. The number of hydrogen-bond acceptors (Lipinski definition) is 4. The van der Waals surface area contributed by atoms with Crippen molar-refractivity contribution in [2.45, 2.75) is 18.9 Å². The molecule has 1 aliphatic rings. The predicted molar refractivity (Wildman–Crippen MR) is 52.1 cm³/mol. The molecule has 0 saturated carbocycles. The van der Waals surface area contributed by atoms with E-state index in [1.807, 2.05) is 6.07 Å². The number of hydrogen-bond donors (Lipinski definition) is 0. The Kier molecular flexibility index (Phi) is 3.32. The highest BCUT2D eigenvalue weighted by molar-refractivity contribution is 5.77. The Labute approximate surface area is 87.7 Å². The van der Waals surface area contributed by atoms with Crippen LogP contribution in [-0.2, 0) is 14.6 Å². The van der Waals surface area contributed by atoms with Gasteiger partial charge in [-0.2, -0.15) is 0 Å². The van der Waals surface area contributed by atoms with Crippen LogP contribution >= 0.6 is 0 Å². The molecule has 0 aromatic heterocycles. The molecule has 1 aromatic rings. The van der Waals surface area contributed by atoms with Gasteiger partial charge in [-0.15, -0.1) is 0 Å². The van der Waals surface area contributed by atoms with Crippen molar-refractivity contribution in [3.8, 4) is 5.75 Å². The summed E-state index contributed by atoms with van der Waals surface area (Å²) in [6.45, 7) is 0.537. The normalized spacial score (nSPS) is 20.9. The van der Waals surface area contributed by atoms with Crippen molar-refractivity contribution < 1.29 is 19.3 Å². The van der Waals surface area contributed by atoms with E-state index < -0.39 is 12.1 Å². The van der Waals surface area contributed by atoms with Crippen LogP contribution < -0.4 is 4.74 Å². The molecule has 1 aliphatic heterocycles. The number of rotatable bonds is 2. The van der Waals surface area contributed by atoms with Crippen LogP contribution in [-0.4, -0.2) is 18.7 Å². The summed E-state index contributed by atoms with van der Waals surface area (Å²) in [6, 6.07) is 8.92. The zero-order valence-electron chi connectivity index (χ0n) is 8.22. The van der Waals surface area contributed by atoms with Crippen molar-refractivity contribution >= 4 is 5.97 Å². The quantitative estimate of drug-likeness (QED) is 0.421. The highest BCUT2D eigenvalue weighted by Crippen LogP contribution is 2.15. The standard InChI is InChI=1S/C11H12O4/c12-11(10-7-4-8-13-15-10)14-9-5-2-1-3-6-9/h1-3,5-6,10H,4,7-8H2. The Morgan fingerprint density at radius 2 is 2.13 bits per heavy atom. The first-order valence-corrected chi connectivity index (χ1v) is 4.91. The molecule has 0 aliphatic carbocycles. The lowest BCUT2D eigenvalue weighted by Crippen LogP contribution is -2.32. The van der Waals surface area contributed by atoms with Crippen molar-refractivity contribution in [1.82, 2.24) is 0 Å². The van der Waals surface area contributed by atoms with Gasteiger partial charge in [-0.25, -0.2) is 14.6 Å². The minimum absolute atomic E-state index is 0.402. The molecule has 4 nitrogen and oxygen atoms in total. The molecule has 1 atom stereocenters. The minimum Gasteiger partial charge on any atom is -0.425 e. The van der Waals surface area contributed by atoms with Gasteiger partial charge < -0.3 is 4.74 Å². The number of benzene rings is 1. The molecule has 2 rings (SSSR count). The Balaban J connectivity index is 1.91. The lowest BCUT2D eigenvalue weighted by molar-refractivity contribution is -0.338. The van der Waals surface area contributed by atoms with E-state index in [4.69, 9.17) is 14.5 Å². The first-order valence-electron chi connectivity index (χ1n) is 4.91. The van der Waals surface area contributed by atoms with Crippen molar-refractivity contribution in [2.75, 3.05) is 6.61 Å². The molecule has 1 heterocycles. The van der Waals surface area contributed by atoms with Crippen molar-refractivity contribution in [3.05, 3.63) is 30.3 Å². The second-order valence-electron chi connectivity index (χ2n) is 3.28. The number of carbonyl (C=O) groups excluding carboxylic acids is 1. The van der Waals surface area contributed by atoms with E-state index in [0.29, 0.717) is 18.8 Å². The van der Waals surface area contributed by atoms with E-state index in [1.54, 1.807) is 24.3 Å². The van der Waals surface area contributed by atoms with Gasteiger partial charge in [0, 0.05) is 0 Å². The van der Waals surface area contributed by atoms with E-state index in [0.717, 1.165) is 6.42 Å². The summed E-state index contributed by atoms with van der Waals surface area (Å²) in [5.74, 6) is 0.123. The molecule has 15 heavy (non-hydrogen) atoms. The average molecular weight is 208 g/mol. The largest absolute Gasteiger partial charge is 0.425 e. The molecule has 0 N–H and O–H groups in total. The third-order valence-electron chi connectivity index (χ3n) is 2.10. The molecule has 0 spiro atoms. The number of esters is 1. The van der Waals surface area contributed by atoms with Gasteiger partial charge in [-0.3, -0.25) is 0 Å². The maximum atomic E-state index is 11.5. The predicted octanol–water partition coefficient (Wildman–Crippen LogP) is 1.70. The summed E-state index contributed by atoms with van der Waals surface area (Å²) in [5, 5.41) is 0. The van der Waals surface area contributed by atoms with Gasteiger partial charge in [0.15, 0.2) is 6.10 Å². The number of carbonyl (C=O) groups is 1. The van der Waals surface area contributed by atoms with Gasteiger partial charge >= 0.3 is 5.97 Å². The van der Waals surface area contributed by atoms with Gasteiger partial charge in [0.25, 0.3) is 0 Å². The maximum absolute atomic E-state index is 11.5. The van der Waals surface area contributed by atoms with Crippen LogP contribution in [0.4, 0.5) is 0 Å². The summed E-state index contributed by atoms with van der Waals surface area (Å²) in [5.41, 5.74) is 0. The molecule has 80 valence electrons. The van der Waals surface area contributed by atoms with E-state index >= 15 is 0 Å². The lowest BCUT2D eigenvalue weighted by atomic mass is 10.2. The molecule has 1 fully saturated rings. The first kappa shape index (κ1) is 10.1. The first-order chi connectivity index (χ1) is 7.36. The van der Waals surface area contributed by atoms with Crippen molar-refractivity contribution in [2.24, 2.45) is 0 Å². The molecule has 0 radical (unpaired) electrons. The zero-order valence-corrected chi connectivity index (χ0v) is 8.22. The smallest absolute Gasteiger partial charge is 0.344 e. The highest BCUT2D eigenvalue weighted by atomic mass is 17.2. The molecule has 1 saturated heterocycles. The summed E-state index contributed by atoms with van der Waals surface area (Å²) in [4.78, 5) is 21.1. The molecule has 0 amide bonds. The Morgan fingerprint density at radius 3 is 2.80 bits per heavy atom. The minimum atomic E-state index is -0.598. The van der Waals surface area contributed by atoms with Gasteiger partial charge in [0.05, 0.1) is 6.61 Å². The Morgan fingerprint density at radius 1 is 1.33 bits per heavy atom. The summed E-state index contributed by atoms with van der Waals surface area (Å²) < 4.78 is 5.11. The summed E-state index contributed by atoms with van der Waals surface area (Å²) in [6.07, 6.45) is 0.860. The zero-order chi connectivity index (χ0) is 10.5. The fourth-order valence-electron chi connectivity index (χ4n) is 1.33. The Hall–Kier alpha value is -1.39. The summed E-state index contributed by atoms with van der Waals surface area (Å²) >= 11 is 0. The monoisotopic (exact) mass is 208 g/mol. The van der Waals surface area contributed by atoms with Gasteiger partial charge in [0.2, 0.25) is 0 Å². The van der Waals surface area contributed by atoms with Crippen LogP contribution in [0.3, 0.4) is 0 Å². The maximum Gasteiger partial charge on any atom is 0.344 e. The van der Waals surface area contributed by atoms with Gasteiger partial charge in [0.1, 0.15) is 5.75 Å². The average Bonchev–Trinajstić information content (AvgIpc) is 2.31. The molecule has 0 bridgehead atoms. The number of para-hydroxylation sites is 1. The topological polar surface area (TPSA) is 44.8 Å². The molecule has 4 heteroatoms. The van der Waals surface area contributed by atoms with Crippen LogP contribution in [0.25, 0.3) is 0 Å². The van der Waals surface area contributed by atoms with Crippen LogP contribution in [0.2, 0.25) is 0 Å². The van der Waals surface area contributed by atoms with Crippen LogP contribution in [0, 0.1) is 0 Å². The van der Waals surface area contributed by atoms with E-state index in [9.17, 15) is 4.79 Å². The van der Waals surface area contributed by atoms with E-state index in [2.05, 4.69) is 0 Å². The van der Waals surface area contributed by atoms with Gasteiger partial charge in [-0.05, 0) is 25.0 Å². The van der Waals surface area contributed by atoms with Crippen LogP contribution in [0.5, 0.6) is 5.75 Å². The molecular weight excluding hydrogens is 196 g/mol. The lowest BCUT2D eigenvalue weighted by Gasteiger charge is -2.19. The second-order valence-corrected chi connectivity index (χ2v) is 3.28. The van der Waals surface area contributed by atoms with E-state index in [1.165, 1.54) is 0 Å². The molecule has 1 aromatic carbocycles.